The molecule has 0 aromatic rings. The Hall–Kier alpha value is -2.07. The van der Waals surface area contributed by atoms with Crippen LogP contribution in [-0.2, 0) is 28.7 Å². The maximum Gasteiger partial charge on any atom is 0.319 e. The number of alkyl halides is 2. The number of ketones is 1. The monoisotopic (exact) mass is 552 g/mol. The largest absolute Gasteiger partial charge is 0.465 e. The van der Waals surface area contributed by atoms with Crippen molar-refractivity contribution in [2.45, 2.75) is 88.6 Å². The molecule has 10 atom stereocenters. The Kier molecular flexibility index (Phi) is 6.90. The van der Waals surface area contributed by atoms with Crippen LogP contribution in [0.5, 0.6) is 0 Å². The fraction of sp³-hybridized carbons (Fsp3) is 0.714. The smallest absolute Gasteiger partial charge is 0.319 e. The molecule has 1 aliphatic heterocycles. The number of rotatable bonds is 5. The number of ether oxygens (including phenoxy) is 2. The van der Waals surface area contributed by atoms with Gasteiger partial charge in [0.1, 0.15) is 29.3 Å². The second kappa shape index (κ2) is 9.54. The summed E-state index contributed by atoms with van der Waals surface area (Å²) in [5.41, 5.74) is -3.33. The third kappa shape index (κ3) is 4.17. The summed E-state index contributed by atoms with van der Waals surface area (Å²) < 4.78 is 43.2. The average Bonchev–Trinajstić information content (AvgIpc) is 3.37. The van der Waals surface area contributed by atoms with Gasteiger partial charge in [0.15, 0.2) is 5.78 Å². The Labute approximate surface area is 224 Å². The molecule has 3 saturated carbocycles. The molecule has 1 heterocycles. The van der Waals surface area contributed by atoms with E-state index in [0.717, 1.165) is 0 Å². The Morgan fingerprint density at radius 3 is 2.66 bits per heavy atom. The second-order valence-electron chi connectivity index (χ2n) is 12.0. The Balaban J connectivity index is 1.29. The lowest BCUT2D eigenvalue weighted by atomic mass is 9.46. The van der Waals surface area contributed by atoms with Crippen LogP contribution >= 0.6 is 11.8 Å². The lowest BCUT2D eigenvalue weighted by Crippen LogP contribution is -2.62. The van der Waals surface area contributed by atoms with Crippen LogP contribution in [0, 0.1) is 28.6 Å². The molecule has 0 radical (unpaired) electrons. The normalized spacial score (nSPS) is 44.4. The Bertz CT molecular complexity index is 1120. The van der Waals surface area contributed by atoms with Crippen LogP contribution in [-0.4, -0.2) is 63.8 Å². The van der Waals surface area contributed by atoms with Crippen molar-refractivity contribution >= 4 is 34.6 Å². The number of aliphatic hydroxyl groups excluding tert-OH is 1. The molecule has 5 aliphatic rings. The highest BCUT2D eigenvalue weighted by atomic mass is 32.2. The van der Waals surface area contributed by atoms with E-state index in [1.165, 1.54) is 18.2 Å². The number of fused-ring (bicyclic) bond motifs is 5. The van der Waals surface area contributed by atoms with Crippen molar-refractivity contribution in [2.75, 3.05) is 6.61 Å². The van der Waals surface area contributed by atoms with Gasteiger partial charge >= 0.3 is 11.9 Å². The number of hydrogen-bond acceptors (Lipinski definition) is 8. The van der Waals surface area contributed by atoms with E-state index in [9.17, 15) is 24.3 Å². The topological polar surface area (TPSA) is 107 Å². The summed E-state index contributed by atoms with van der Waals surface area (Å²) in [6, 6.07) is 0. The van der Waals surface area contributed by atoms with Crippen LogP contribution in [0.1, 0.15) is 59.3 Å². The molecule has 0 aromatic carbocycles. The zero-order valence-electron chi connectivity index (χ0n) is 21.8. The quantitative estimate of drug-likeness (QED) is 0.513. The van der Waals surface area contributed by atoms with Gasteiger partial charge in [-0.25, -0.2) is 8.78 Å². The van der Waals surface area contributed by atoms with Crippen LogP contribution in [0.2, 0.25) is 0 Å². The molecule has 10 heteroatoms. The van der Waals surface area contributed by atoms with Crippen molar-refractivity contribution in [1.29, 1.82) is 0 Å². The number of aliphatic hydroxyl groups is 1. The van der Waals surface area contributed by atoms with E-state index < -0.39 is 69.5 Å². The molecule has 0 bridgehead atoms. The van der Waals surface area contributed by atoms with E-state index in [2.05, 4.69) is 0 Å². The van der Waals surface area contributed by atoms with Crippen molar-refractivity contribution in [3.8, 4) is 0 Å². The Morgan fingerprint density at radius 2 is 1.97 bits per heavy atom. The minimum atomic E-state index is -1.73. The molecule has 0 amide bonds. The molecule has 38 heavy (non-hydrogen) atoms. The van der Waals surface area contributed by atoms with Gasteiger partial charge in [-0.05, 0) is 62.2 Å². The lowest BCUT2D eigenvalue weighted by molar-refractivity contribution is -0.174. The van der Waals surface area contributed by atoms with Crippen molar-refractivity contribution in [3.05, 3.63) is 23.8 Å². The highest BCUT2D eigenvalue weighted by Crippen LogP contribution is 2.69. The first-order chi connectivity index (χ1) is 17.8. The minimum absolute atomic E-state index is 0.0271. The predicted molar refractivity (Wildman–Crippen MR) is 134 cm³/mol. The Morgan fingerprint density at radius 1 is 1.24 bits per heavy atom. The molecule has 5 rings (SSSR count). The van der Waals surface area contributed by atoms with Gasteiger partial charge in [0.25, 0.3) is 0 Å². The van der Waals surface area contributed by atoms with E-state index in [-0.39, 0.29) is 42.6 Å². The fourth-order valence-corrected chi connectivity index (χ4v) is 8.78. The third-order valence-corrected chi connectivity index (χ3v) is 11.1. The van der Waals surface area contributed by atoms with Gasteiger partial charge in [0, 0.05) is 23.2 Å². The molecule has 7 nitrogen and oxygen atoms in total. The molecule has 208 valence electrons. The molecule has 1 N–H and O–H groups in total. The number of carbonyl (C=O) groups is 4. The average molecular weight is 553 g/mol. The van der Waals surface area contributed by atoms with Crippen LogP contribution in [0.3, 0.4) is 0 Å². The maximum absolute atomic E-state index is 17.0. The molecule has 1 unspecified atom stereocenters. The molecule has 4 fully saturated rings. The number of thioether (sulfide) groups is 1. The van der Waals surface area contributed by atoms with Crippen molar-refractivity contribution in [3.63, 3.8) is 0 Å². The molecule has 1 saturated heterocycles. The summed E-state index contributed by atoms with van der Waals surface area (Å²) >= 11 is 0.667. The van der Waals surface area contributed by atoms with Gasteiger partial charge in [0.2, 0.25) is 5.12 Å². The lowest BCUT2D eigenvalue weighted by Gasteiger charge is -2.60. The second-order valence-corrected chi connectivity index (χ2v) is 13.3. The molecular weight excluding hydrogens is 518 g/mol. The van der Waals surface area contributed by atoms with E-state index in [1.807, 2.05) is 13.8 Å². The number of carbonyl (C=O) groups excluding carboxylic acids is 4. The minimum Gasteiger partial charge on any atom is -0.465 e. The van der Waals surface area contributed by atoms with Crippen molar-refractivity contribution < 1.29 is 42.5 Å². The highest BCUT2D eigenvalue weighted by Gasteiger charge is 2.69. The van der Waals surface area contributed by atoms with E-state index in [1.54, 1.807) is 6.92 Å². The summed E-state index contributed by atoms with van der Waals surface area (Å²) in [5, 5.41) is 8.92. The van der Waals surface area contributed by atoms with Crippen molar-refractivity contribution in [2.24, 2.45) is 28.6 Å². The van der Waals surface area contributed by atoms with E-state index >= 15 is 8.78 Å². The van der Waals surface area contributed by atoms with Gasteiger partial charge in [-0.1, -0.05) is 31.7 Å². The summed E-state index contributed by atoms with van der Waals surface area (Å²) in [7, 11) is 0. The molecule has 0 aromatic heterocycles. The SMILES string of the molecule is C[C@@H]1C[C@H]2[C@@H]3C[C@H](F)C4=CC(=O)C=C[C@]4(C)[C@@]3(F)CC[C@]2(C)[C@@H]1OC(=O)CC(O)C(=O)S[C@H]1CCOC1=O. The maximum atomic E-state index is 17.0. The van der Waals surface area contributed by atoms with Crippen LogP contribution in [0.25, 0.3) is 0 Å². The molecule has 0 spiro atoms. The summed E-state index contributed by atoms with van der Waals surface area (Å²) in [6.07, 6.45) is 1.37. The van der Waals surface area contributed by atoms with Crippen LogP contribution < -0.4 is 0 Å². The number of halogens is 2. The fourth-order valence-electron chi connectivity index (χ4n) is 7.88. The zero-order chi connectivity index (χ0) is 27.6. The summed E-state index contributed by atoms with van der Waals surface area (Å²) in [4.78, 5) is 48.7. The number of hydrogen-bond donors (Lipinski definition) is 1. The number of cyclic esters (lactones) is 1. The highest BCUT2D eigenvalue weighted by molar-refractivity contribution is 8.14. The first-order valence-electron chi connectivity index (χ1n) is 13.3. The molecule has 4 aliphatic carbocycles. The zero-order valence-corrected chi connectivity index (χ0v) is 22.6. The van der Waals surface area contributed by atoms with Gasteiger partial charge in [0.05, 0.1) is 13.0 Å². The number of esters is 2. The van der Waals surface area contributed by atoms with Crippen LogP contribution in [0.15, 0.2) is 23.8 Å². The summed E-state index contributed by atoms with van der Waals surface area (Å²) in [6.45, 7) is 5.78. The van der Waals surface area contributed by atoms with Gasteiger partial charge in [-0.3, -0.25) is 19.2 Å². The number of allylic oxidation sites excluding steroid dienone is 4. The van der Waals surface area contributed by atoms with Gasteiger partial charge in [-0.2, -0.15) is 0 Å². The van der Waals surface area contributed by atoms with E-state index in [4.69, 9.17) is 9.47 Å². The first kappa shape index (κ1) is 27.5. The standard InChI is InChI=1S/C28H34F2O7S/c1-14-10-16-17-12-19(29)18-11-15(31)4-6-27(18,3)28(17,30)8-7-26(16,2)23(14)37-22(33)13-20(32)25(35)38-21-5-9-36-24(21)34/h4,6,11,14,16-17,19-21,23,32H,5,7-10,12-13H2,1-3H3/t14-,16+,17+,19+,20?,21+,23-,26+,27+,28-/m1/s1. The third-order valence-electron chi connectivity index (χ3n) is 9.92. The molecular formula is C28H34F2O7S. The van der Waals surface area contributed by atoms with Gasteiger partial charge < -0.3 is 14.6 Å². The summed E-state index contributed by atoms with van der Waals surface area (Å²) in [5.74, 6) is -2.56. The predicted octanol–water partition coefficient (Wildman–Crippen LogP) is 3.82. The van der Waals surface area contributed by atoms with Crippen molar-refractivity contribution in [1.82, 2.24) is 0 Å². The first-order valence-corrected chi connectivity index (χ1v) is 14.2. The van der Waals surface area contributed by atoms with Gasteiger partial charge in [-0.15, -0.1) is 0 Å². The van der Waals surface area contributed by atoms with E-state index in [0.29, 0.717) is 31.0 Å². The van der Waals surface area contributed by atoms with Crippen LogP contribution in [0.4, 0.5) is 8.78 Å².